The number of ether oxygens (including phenoxy) is 4. The van der Waals surface area contributed by atoms with E-state index in [0.29, 0.717) is 0 Å². The third-order valence-electron chi connectivity index (χ3n) is 9.29. The molecule has 9 rings (SSSR count). The van der Waals surface area contributed by atoms with E-state index in [9.17, 15) is 20.0 Å². The Balaban J connectivity index is 0.000000302. The molecule has 3 radical (unpaired) electrons. The quantitative estimate of drug-likeness (QED) is 0.0660. The van der Waals surface area contributed by atoms with Crippen molar-refractivity contribution in [2.45, 2.75) is 0 Å². The molecule has 0 N–H and O–H groups in total. The van der Waals surface area contributed by atoms with Gasteiger partial charge in [0.05, 0.1) is 6.07 Å². The second-order valence-electron chi connectivity index (χ2n) is 13.0. The molecule has 307 valence electrons. The molecule has 0 bridgehead atoms. The molecule has 0 fully saturated rings. The number of carbonyl (C=O) groups excluding carboxylic acids is 1. The molecule has 0 aromatic heterocycles. The summed E-state index contributed by atoms with van der Waals surface area (Å²) in [6.07, 6.45) is 1.50. The van der Waals surface area contributed by atoms with Gasteiger partial charge >= 0.3 is 20.1 Å². The van der Waals surface area contributed by atoms with E-state index in [1.807, 2.05) is 0 Å². The van der Waals surface area contributed by atoms with Crippen molar-refractivity contribution >= 4 is 59.3 Å². The Morgan fingerprint density at radius 2 is 1.03 bits per heavy atom. The molecule has 0 unspecified atom stereocenters. The van der Waals surface area contributed by atoms with E-state index < -0.39 is 38.0 Å². The molecule has 7 aromatic rings. The zero-order valence-corrected chi connectivity index (χ0v) is 37.0. The van der Waals surface area contributed by atoms with Crippen molar-refractivity contribution in [3.8, 4) is 40.2 Å². The van der Waals surface area contributed by atoms with Crippen molar-refractivity contribution in [2.24, 2.45) is 0 Å². The molecule has 0 amide bonds. The van der Waals surface area contributed by atoms with Gasteiger partial charge in [-0.05, 0) is 98.2 Å². The van der Waals surface area contributed by atoms with Crippen LogP contribution in [-0.2, 0) is 20.1 Å². The summed E-state index contributed by atoms with van der Waals surface area (Å²) in [5.74, 6) is 1.42. The van der Waals surface area contributed by atoms with Gasteiger partial charge in [0, 0.05) is 21.6 Å². The summed E-state index contributed by atoms with van der Waals surface area (Å²) in [7, 11) is -1.94. The minimum absolute atomic E-state index is 0. The second kappa shape index (κ2) is 21.4. The maximum absolute atomic E-state index is 10.4. The van der Waals surface area contributed by atoms with Crippen LogP contribution < -0.4 is 55.9 Å². The molecule has 0 spiro atoms. The summed E-state index contributed by atoms with van der Waals surface area (Å²) in [6.45, 7) is 6.85. The Labute approximate surface area is 375 Å². The molecular weight excluding hydrogens is 999 g/mol. The molecular formula is C49H35IrN2O8P2+. The van der Waals surface area contributed by atoms with Crippen molar-refractivity contribution in [3.05, 3.63) is 205 Å². The van der Waals surface area contributed by atoms with E-state index in [1.165, 1.54) is 38.2 Å². The molecule has 2 aliphatic rings. The van der Waals surface area contributed by atoms with E-state index >= 15 is 0 Å². The Morgan fingerprint density at radius 3 is 1.35 bits per heavy atom. The average molecular weight is 1030 g/mol. The number of rotatable bonds is 9. The molecule has 7 aromatic carbocycles. The molecule has 62 heavy (non-hydrogen) atoms. The fourth-order valence-corrected chi connectivity index (χ4v) is 11.7. The minimum atomic E-state index is -1.57. The maximum Gasteiger partial charge on any atom is 3.00 e. The van der Waals surface area contributed by atoms with Crippen molar-refractivity contribution in [3.63, 3.8) is 0 Å². The van der Waals surface area contributed by atoms with Crippen molar-refractivity contribution in [2.75, 3.05) is 13.6 Å². The van der Waals surface area contributed by atoms with Crippen LogP contribution in [0, 0.1) is 47.8 Å². The largest absolute Gasteiger partial charge is 3.00 e. The van der Waals surface area contributed by atoms with Gasteiger partial charge in [-0.2, -0.15) is 0 Å². The number of fused-ring (bicyclic) bond motifs is 2. The summed E-state index contributed by atoms with van der Waals surface area (Å²) in [4.78, 5) is 19.9. The number of nitro groups is 1. The molecule has 13 heteroatoms. The summed E-state index contributed by atoms with van der Waals surface area (Å²) in [6, 6.07) is 57.0. The van der Waals surface area contributed by atoms with Crippen LogP contribution in [0.1, 0.15) is 15.9 Å². The number of nitrogens with zero attached hydrogens (tertiary/aromatic N) is 2. The minimum Gasteiger partial charge on any atom is -0.603 e. The molecule has 0 saturated heterocycles. The topological polar surface area (TPSA) is 144 Å². The number of carboxylic acids is 1. The summed E-state index contributed by atoms with van der Waals surface area (Å²) in [5.41, 5.74) is 0.771. The second-order valence-corrected chi connectivity index (χ2v) is 17.4. The number of carboxylic acid groups (broad SMARTS) is 1. The smallest absolute Gasteiger partial charge is 0.603 e. The van der Waals surface area contributed by atoms with Gasteiger partial charge in [-0.15, -0.1) is 17.7 Å². The van der Waals surface area contributed by atoms with Gasteiger partial charge in [0.1, 0.15) is 0 Å². The van der Waals surface area contributed by atoms with Crippen LogP contribution >= 0.6 is 15.8 Å². The first-order valence-electron chi connectivity index (χ1n) is 18.7. The van der Waals surface area contributed by atoms with E-state index in [-0.39, 0.29) is 39.3 Å². The fraction of sp³-hybridized carbons (Fsp3) is 0.0408. The van der Waals surface area contributed by atoms with Gasteiger partial charge in [-0.25, -0.2) is 5.26 Å². The standard InChI is InChI=1S/C38H28O4P2.C8H3N2O4.C3H5.Ir/c1-5-13-27(14-6-1)43(28-15-7-2-8-16-28)33-23-21-31-37(41-25-39-31)35(33)36-34(24-22-32-38(36)42-26-40-32)44(29-17-9-3-10-18-29)30-19-11-4-12-20-30;9-4-6-2-1-5(8(11)12)3-7(6)10(13)14;1-3-2;/h1-24H,25-26H2;2-3H,(H,11,12);3H,1-2H2;/q;-1;;+3/p-1. The SMILES string of the molecule is N#Cc1c[c-]c(C(=O)[O-])cc1[N+](=O)[O-].[CH2][CH][CH2].[Ir+3].c1ccc(P(c2ccccc2)c2ccc3c(c2-c2c(P(c4ccccc4)c4ccccc4)ccc4c2OCO4)OCO3)cc1. The summed E-state index contributed by atoms with van der Waals surface area (Å²) in [5, 5.41) is 36.6. The summed E-state index contributed by atoms with van der Waals surface area (Å²) >= 11 is 0. The number of nitro benzene ring substituents is 1. The van der Waals surface area contributed by atoms with Gasteiger partial charge in [-0.1, -0.05) is 127 Å². The van der Waals surface area contributed by atoms with Crippen molar-refractivity contribution in [1.82, 2.24) is 0 Å². The molecule has 10 nitrogen and oxygen atoms in total. The van der Waals surface area contributed by atoms with Gasteiger partial charge in [0.2, 0.25) is 19.3 Å². The number of benzene rings is 7. The number of carbonyl (C=O) groups is 1. The molecule has 2 aliphatic heterocycles. The van der Waals surface area contributed by atoms with Crippen molar-refractivity contribution in [1.29, 1.82) is 5.26 Å². The summed E-state index contributed by atoms with van der Waals surface area (Å²) < 4.78 is 24.7. The van der Waals surface area contributed by atoms with Crippen LogP contribution in [0.2, 0.25) is 0 Å². The first-order chi connectivity index (χ1) is 29.8. The van der Waals surface area contributed by atoms with Crippen LogP contribution in [0.4, 0.5) is 5.69 Å². The first kappa shape index (κ1) is 45.1. The molecule has 2 heterocycles. The van der Waals surface area contributed by atoms with E-state index in [0.717, 1.165) is 46.3 Å². The van der Waals surface area contributed by atoms with Gasteiger partial charge in [0.25, 0.3) is 0 Å². The predicted octanol–water partition coefficient (Wildman–Crippen LogP) is 6.81. The third kappa shape index (κ3) is 9.87. The molecule has 0 aliphatic carbocycles. The average Bonchev–Trinajstić information content (AvgIpc) is 3.99. The zero-order valence-electron chi connectivity index (χ0n) is 32.8. The van der Waals surface area contributed by atoms with Crippen LogP contribution in [-0.4, -0.2) is 24.5 Å². The van der Waals surface area contributed by atoms with Crippen molar-refractivity contribution < 1.29 is 53.9 Å². The van der Waals surface area contributed by atoms with Gasteiger partial charge in [0.15, 0.2) is 23.0 Å². The van der Waals surface area contributed by atoms with Gasteiger partial charge < -0.3 is 28.8 Å². The van der Waals surface area contributed by atoms with Crippen LogP contribution in [0.25, 0.3) is 11.1 Å². The number of hydrogen-bond donors (Lipinski definition) is 0. The Kier molecular flexibility index (Phi) is 15.6. The molecule has 0 atom stereocenters. The number of aromatic carboxylic acids is 1. The maximum atomic E-state index is 10.4. The first-order valence-corrected chi connectivity index (χ1v) is 21.4. The third-order valence-corrected chi connectivity index (χ3v) is 14.3. The number of nitriles is 1. The predicted molar refractivity (Wildman–Crippen MR) is 238 cm³/mol. The Bertz CT molecular complexity index is 2460. The fourth-order valence-electron chi connectivity index (χ4n) is 6.78. The monoisotopic (exact) mass is 1030 g/mol. The number of hydrogen-bond acceptors (Lipinski definition) is 9. The van der Waals surface area contributed by atoms with Gasteiger partial charge in [-0.3, -0.25) is 10.1 Å². The van der Waals surface area contributed by atoms with Crippen LogP contribution in [0.5, 0.6) is 23.0 Å². The van der Waals surface area contributed by atoms with E-state index in [4.69, 9.17) is 24.2 Å². The van der Waals surface area contributed by atoms with E-state index in [2.05, 4.69) is 166 Å². The Hall–Kier alpha value is -6.39. The Morgan fingerprint density at radius 1 is 0.661 bits per heavy atom. The van der Waals surface area contributed by atoms with Crippen LogP contribution in [0.15, 0.2) is 158 Å². The van der Waals surface area contributed by atoms with Crippen LogP contribution in [0.3, 0.4) is 0 Å². The normalized spacial score (nSPS) is 11.6. The van der Waals surface area contributed by atoms with E-state index in [1.54, 1.807) is 6.07 Å². The zero-order chi connectivity index (χ0) is 42.7. The molecule has 0 saturated carbocycles.